The number of imidazole rings is 1. The van der Waals surface area contributed by atoms with Gasteiger partial charge in [-0.25, -0.2) is 19.0 Å². The summed E-state index contributed by atoms with van der Waals surface area (Å²) in [5.41, 5.74) is 6.36. The topological polar surface area (TPSA) is 128 Å². The zero-order valence-electron chi connectivity index (χ0n) is 18.3. The molecule has 0 atom stereocenters. The molecule has 0 radical (unpaired) electrons. The summed E-state index contributed by atoms with van der Waals surface area (Å²) in [5.74, 6) is 0.420. The van der Waals surface area contributed by atoms with Crippen molar-refractivity contribution in [2.24, 2.45) is 11.7 Å². The summed E-state index contributed by atoms with van der Waals surface area (Å²) in [7, 11) is 0. The number of fused-ring (bicyclic) bond motifs is 1. The molecule has 0 spiro atoms. The minimum atomic E-state index is -0.648. The Balaban J connectivity index is 1.54. The number of halogens is 1. The van der Waals surface area contributed by atoms with Crippen LogP contribution in [0.15, 0.2) is 58.1 Å². The number of carbonyl (C=O) groups is 1. The quantitative estimate of drug-likeness (QED) is 0.390. The number of carbonyl (C=O) groups excluding carboxylic acids is 1. The molecule has 0 bridgehead atoms. The molecule has 2 amide bonds. The third-order valence-electron chi connectivity index (χ3n) is 5.93. The van der Waals surface area contributed by atoms with E-state index < -0.39 is 23.1 Å². The van der Waals surface area contributed by atoms with Gasteiger partial charge in [-0.3, -0.25) is 13.9 Å². The summed E-state index contributed by atoms with van der Waals surface area (Å²) in [6, 6.07) is 12.5. The summed E-state index contributed by atoms with van der Waals surface area (Å²) < 4.78 is 16.8. The average Bonchev–Trinajstić information content (AvgIpc) is 3.53. The van der Waals surface area contributed by atoms with Crippen LogP contribution in [0.25, 0.3) is 11.2 Å². The molecule has 0 aliphatic heterocycles. The van der Waals surface area contributed by atoms with Crippen molar-refractivity contribution in [1.82, 2.24) is 19.1 Å². The Hall–Kier alpha value is -4.21. The van der Waals surface area contributed by atoms with Crippen LogP contribution in [0.2, 0.25) is 0 Å². The molecule has 0 saturated heterocycles. The predicted octanol–water partition coefficient (Wildman–Crippen LogP) is 2.57. The molecule has 2 heterocycles. The second-order valence-electron chi connectivity index (χ2n) is 8.56. The van der Waals surface area contributed by atoms with E-state index in [0.717, 1.165) is 23.0 Å². The van der Waals surface area contributed by atoms with Crippen LogP contribution in [0.3, 0.4) is 0 Å². The number of primary amides is 1. The Morgan fingerprint density at radius 1 is 1.12 bits per heavy atom. The Morgan fingerprint density at radius 3 is 2.53 bits per heavy atom. The summed E-state index contributed by atoms with van der Waals surface area (Å²) in [4.78, 5) is 45.2. The van der Waals surface area contributed by atoms with Gasteiger partial charge in [-0.15, -0.1) is 0 Å². The maximum Gasteiger partial charge on any atom is 0.333 e. The number of benzene rings is 2. The van der Waals surface area contributed by atoms with Crippen LogP contribution in [0.1, 0.15) is 29.8 Å². The number of aromatic amines is 1. The van der Waals surface area contributed by atoms with Crippen LogP contribution >= 0.6 is 0 Å². The van der Waals surface area contributed by atoms with Crippen molar-refractivity contribution in [1.29, 1.82) is 0 Å². The maximum absolute atomic E-state index is 14.2. The average molecular weight is 462 g/mol. The largest absolute Gasteiger partial charge is 0.351 e. The van der Waals surface area contributed by atoms with Gasteiger partial charge in [0.25, 0.3) is 5.56 Å². The van der Waals surface area contributed by atoms with Crippen LogP contribution < -0.4 is 22.3 Å². The summed E-state index contributed by atoms with van der Waals surface area (Å²) in [6.45, 7) is 0.304. The number of amides is 2. The summed E-state index contributed by atoms with van der Waals surface area (Å²) in [5, 5.41) is 2.50. The zero-order chi connectivity index (χ0) is 23.8. The van der Waals surface area contributed by atoms with E-state index >= 15 is 0 Å². The number of hydrogen-bond acceptors (Lipinski definition) is 4. The Morgan fingerprint density at radius 2 is 1.85 bits per heavy atom. The number of H-pyrrole nitrogens is 1. The van der Waals surface area contributed by atoms with Crippen molar-refractivity contribution < 1.29 is 9.18 Å². The van der Waals surface area contributed by atoms with Gasteiger partial charge in [-0.2, -0.15) is 0 Å². The molecule has 2 aromatic carbocycles. The van der Waals surface area contributed by atoms with Gasteiger partial charge in [-0.05, 0) is 42.5 Å². The number of rotatable bonds is 7. The molecule has 1 aliphatic rings. The lowest BCUT2D eigenvalue weighted by molar-refractivity contribution is 0.259. The summed E-state index contributed by atoms with van der Waals surface area (Å²) in [6.07, 6.45) is 2.42. The van der Waals surface area contributed by atoms with Crippen LogP contribution in [0.4, 0.5) is 14.9 Å². The van der Waals surface area contributed by atoms with E-state index in [1.54, 1.807) is 30.3 Å². The van der Waals surface area contributed by atoms with Crippen molar-refractivity contribution >= 4 is 22.9 Å². The fourth-order valence-electron chi connectivity index (χ4n) is 4.00. The highest BCUT2D eigenvalue weighted by Crippen LogP contribution is 2.30. The first-order chi connectivity index (χ1) is 16.4. The first-order valence-electron chi connectivity index (χ1n) is 11.0. The smallest absolute Gasteiger partial charge is 0.333 e. The van der Waals surface area contributed by atoms with E-state index in [1.807, 2.05) is 12.1 Å². The van der Waals surface area contributed by atoms with Gasteiger partial charge in [0, 0.05) is 24.2 Å². The fourth-order valence-corrected chi connectivity index (χ4v) is 4.00. The Labute approximate surface area is 193 Å². The number of aromatic nitrogens is 4. The SMILES string of the molecule is NC(=O)Nc1ccc(Cc2nc3c([nH]2)c(=O)n(Cc2ccccc2F)c(=O)n3CC2CC2)cc1. The van der Waals surface area contributed by atoms with Crippen LogP contribution in [0.5, 0.6) is 0 Å². The molecule has 1 saturated carbocycles. The third-order valence-corrected chi connectivity index (χ3v) is 5.93. The van der Waals surface area contributed by atoms with E-state index in [9.17, 15) is 18.8 Å². The number of hydrogen-bond donors (Lipinski definition) is 3. The molecule has 34 heavy (non-hydrogen) atoms. The molecule has 2 aromatic heterocycles. The molecule has 5 rings (SSSR count). The highest BCUT2D eigenvalue weighted by atomic mass is 19.1. The molecule has 1 aliphatic carbocycles. The zero-order valence-corrected chi connectivity index (χ0v) is 18.3. The second kappa shape index (κ2) is 8.62. The van der Waals surface area contributed by atoms with Crippen molar-refractivity contribution in [2.45, 2.75) is 32.4 Å². The summed E-state index contributed by atoms with van der Waals surface area (Å²) >= 11 is 0. The van der Waals surface area contributed by atoms with Gasteiger partial charge in [-0.1, -0.05) is 30.3 Å². The van der Waals surface area contributed by atoms with Crippen molar-refractivity contribution in [3.05, 3.63) is 92.1 Å². The Bertz CT molecular complexity index is 1500. The highest BCUT2D eigenvalue weighted by molar-refractivity contribution is 5.87. The molecule has 10 heteroatoms. The van der Waals surface area contributed by atoms with Crippen molar-refractivity contribution in [3.8, 4) is 0 Å². The minimum absolute atomic E-state index is 0.159. The predicted molar refractivity (Wildman–Crippen MR) is 125 cm³/mol. The third kappa shape index (κ3) is 4.34. The van der Waals surface area contributed by atoms with Gasteiger partial charge >= 0.3 is 11.7 Å². The lowest BCUT2D eigenvalue weighted by Gasteiger charge is -2.11. The molecule has 9 nitrogen and oxygen atoms in total. The molecular weight excluding hydrogens is 439 g/mol. The number of urea groups is 1. The lowest BCUT2D eigenvalue weighted by atomic mass is 10.1. The van der Waals surface area contributed by atoms with Gasteiger partial charge < -0.3 is 16.0 Å². The van der Waals surface area contributed by atoms with E-state index in [-0.39, 0.29) is 17.6 Å². The second-order valence-corrected chi connectivity index (χ2v) is 8.56. The van der Waals surface area contributed by atoms with Crippen molar-refractivity contribution in [3.63, 3.8) is 0 Å². The lowest BCUT2D eigenvalue weighted by Crippen LogP contribution is -2.40. The van der Waals surface area contributed by atoms with Gasteiger partial charge in [0.2, 0.25) is 0 Å². The normalized spacial score (nSPS) is 13.3. The van der Waals surface area contributed by atoms with Gasteiger partial charge in [0.05, 0.1) is 6.54 Å². The number of anilines is 1. The molecular formula is C24H23FN6O3. The number of nitrogens with two attached hydrogens (primary N) is 1. The number of nitrogens with zero attached hydrogens (tertiary/aromatic N) is 3. The highest BCUT2D eigenvalue weighted by Gasteiger charge is 2.26. The molecule has 4 aromatic rings. The molecule has 174 valence electrons. The van der Waals surface area contributed by atoms with Crippen molar-refractivity contribution in [2.75, 3.05) is 5.32 Å². The molecule has 4 N–H and O–H groups in total. The maximum atomic E-state index is 14.2. The first-order valence-corrected chi connectivity index (χ1v) is 11.0. The van der Waals surface area contributed by atoms with Gasteiger partial charge in [0.1, 0.15) is 17.2 Å². The number of nitrogens with one attached hydrogen (secondary N) is 2. The van der Waals surface area contributed by atoms with Gasteiger partial charge in [0.15, 0.2) is 5.65 Å². The molecule has 0 unspecified atom stereocenters. The minimum Gasteiger partial charge on any atom is -0.351 e. The standard InChI is InChI=1S/C24H23FN6O3/c25-18-4-2-1-3-16(18)13-31-22(32)20-21(30(24(31)34)12-15-5-6-15)29-19(28-20)11-14-7-9-17(10-8-14)27-23(26)33/h1-4,7-10,15H,5-6,11-13H2,(H,28,29)(H3,26,27,33). The van der Waals surface area contributed by atoms with E-state index in [0.29, 0.717) is 36.0 Å². The molecule has 1 fully saturated rings. The van der Waals surface area contributed by atoms with Crippen LogP contribution in [0, 0.1) is 11.7 Å². The van der Waals surface area contributed by atoms with E-state index in [2.05, 4.69) is 15.3 Å². The Kier molecular flexibility index (Phi) is 5.48. The van der Waals surface area contributed by atoms with E-state index in [4.69, 9.17) is 5.73 Å². The first kappa shape index (κ1) is 21.6. The van der Waals surface area contributed by atoms with E-state index in [1.165, 1.54) is 10.6 Å². The van der Waals surface area contributed by atoms with Crippen LogP contribution in [-0.4, -0.2) is 25.1 Å². The fraction of sp³-hybridized carbons (Fsp3) is 0.250. The monoisotopic (exact) mass is 462 g/mol. The van der Waals surface area contributed by atoms with Crippen LogP contribution in [-0.2, 0) is 19.5 Å².